The Morgan fingerprint density at radius 3 is 3.06 bits per heavy atom. The van der Waals surface area contributed by atoms with E-state index in [-0.39, 0.29) is 0 Å². The molecule has 0 aliphatic rings. The van der Waals surface area contributed by atoms with Crippen LogP contribution >= 0.6 is 22.9 Å². The van der Waals surface area contributed by atoms with Crippen molar-refractivity contribution in [2.75, 3.05) is 18.4 Å². The zero-order valence-electron chi connectivity index (χ0n) is 9.09. The summed E-state index contributed by atoms with van der Waals surface area (Å²) in [4.78, 5) is 4.53. The third-order valence-electron chi connectivity index (χ3n) is 2.31. The molecule has 0 amide bonds. The summed E-state index contributed by atoms with van der Waals surface area (Å²) in [7, 11) is 0. The highest BCUT2D eigenvalue weighted by atomic mass is 35.5. The van der Waals surface area contributed by atoms with Crippen molar-refractivity contribution in [1.29, 1.82) is 0 Å². The highest BCUT2D eigenvalue weighted by Crippen LogP contribution is 2.30. The number of aromatic nitrogens is 1. The number of hydrogen-bond acceptors (Lipinski definition) is 4. The molecular formula is C11H14ClN3S. The van der Waals surface area contributed by atoms with Crippen molar-refractivity contribution < 1.29 is 0 Å². The Morgan fingerprint density at radius 1 is 1.50 bits per heavy atom. The SMILES string of the molecule is Cc1cc(Cl)cc2sc(NCCCN)nc12. The minimum atomic E-state index is 0.697. The molecule has 0 aliphatic heterocycles. The third kappa shape index (κ3) is 2.45. The molecule has 5 heteroatoms. The molecule has 2 aromatic rings. The van der Waals surface area contributed by atoms with Gasteiger partial charge in [0.05, 0.1) is 10.2 Å². The van der Waals surface area contributed by atoms with Gasteiger partial charge in [-0.25, -0.2) is 4.98 Å². The van der Waals surface area contributed by atoms with Gasteiger partial charge in [-0.3, -0.25) is 0 Å². The molecule has 1 aromatic heterocycles. The van der Waals surface area contributed by atoms with E-state index in [1.807, 2.05) is 19.1 Å². The fourth-order valence-electron chi connectivity index (χ4n) is 1.53. The van der Waals surface area contributed by atoms with Gasteiger partial charge in [0, 0.05) is 11.6 Å². The van der Waals surface area contributed by atoms with E-state index in [2.05, 4.69) is 10.3 Å². The number of nitrogens with two attached hydrogens (primary N) is 1. The van der Waals surface area contributed by atoms with Crippen LogP contribution < -0.4 is 11.1 Å². The Morgan fingerprint density at radius 2 is 2.31 bits per heavy atom. The largest absolute Gasteiger partial charge is 0.361 e. The van der Waals surface area contributed by atoms with Gasteiger partial charge in [-0.2, -0.15) is 0 Å². The Balaban J connectivity index is 2.26. The number of anilines is 1. The van der Waals surface area contributed by atoms with Gasteiger partial charge < -0.3 is 11.1 Å². The number of aryl methyl sites for hydroxylation is 1. The van der Waals surface area contributed by atoms with Crippen LogP contribution in [0.5, 0.6) is 0 Å². The lowest BCUT2D eigenvalue weighted by atomic mass is 10.2. The summed E-state index contributed by atoms with van der Waals surface area (Å²) in [5, 5.41) is 4.97. The molecule has 0 saturated heterocycles. The van der Waals surface area contributed by atoms with E-state index in [4.69, 9.17) is 17.3 Å². The van der Waals surface area contributed by atoms with E-state index in [0.29, 0.717) is 6.54 Å². The van der Waals surface area contributed by atoms with Crippen LogP contribution in [-0.2, 0) is 0 Å². The van der Waals surface area contributed by atoms with Crippen LogP contribution in [0, 0.1) is 6.92 Å². The van der Waals surface area contributed by atoms with Gasteiger partial charge in [0.2, 0.25) is 0 Å². The van der Waals surface area contributed by atoms with E-state index >= 15 is 0 Å². The number of rotatable bonds is 4. The van der Waals surface area contributed by atoms with Crippen molar-refractivity contribution in [2.24, 2.45) is 5.73 Å². The van der Waals surface area contributed by atoms with Crippen LogP contribution in [0.3, 0.4) is 0 Å². The second-order valence-corrected chi connectivity index (χ2v) is 5.12. The van der Waals surface area contributed by atoms with Gasteiger partial charge in [-0.15, -0.1) is 0 Å². The van der Waals surface area contributed by atoms with Gasteiger partial charge in [0.1, 0.15) is 0 Å². The first-order valence-electron chi connectivity index (χ1n) is 5.21. The number of thiazole rings is 1. The molecule has 0 bridgehead atoms. The Hall–Kier alpha value is -0.840. The molecule has 3 nitrogen and oxygen atoms in total. The van der Waals surface area contributed by atoms with E-state index in [1.165, 1.54) is 0 Å². The zero-order chi connectivity index (χ0) is 11.5. The van der Waals surface area contributed by atoms with Crippen molar-refractivity contribution in [2.45, 2.75) is 13.3 Å². The Kier molecular flexibility index (Phi) is 3.63. The fourth-order valence-corrected chi connectivity index (χ4v) is 2.87. The van der Waals surface area contributed by atoms with Crippen molar-refractivity contribution in [3.63, 3.8) is 0 Å². The topological polar surface area (TPSA) is 50.9 Å². The lowest BCUT2D eigenvalue weighted by molar-refractivity contribution is 0.873. The highest BCUT2D eigenvalue weighted by molar-refractivity contribution is 7.22. The predicted octanol–water partition coefficient (Wildman–Crippen LogP) is 3.02. The first-order valence-corrected chi connectivity index (χ1v) is 6.41. The lowest BCUT2D eigenvalue weighted by Gasteiger charge is -1.98. The van der Waals surface area contributed by atoms with Gasteiger partial charge >= 0.3 is 0 Å². The molecule has 0 unspecified atom stereocenters. The van der Waals surface area contributed by atoms with E-state index in [9.17, 15) is 0 Å². The first kappa shape index (κ1) is 11.6. The molecule has 2 rings (SSSR count). The van der Waals surface area contributed by atoms with Crippen LogP contribution in [0.4, 0.5) is 5.13 Å². The monoisotopic (exact) mass is 255 g/mol. The summed E-state index contributed by atoms with van der Waals surface area (Å²) in [5.41, 5.74) is 7.59. The van der Waals surface area contributed by atoms with E-state index in [1.54, 1.807) is 11.3 Å². The molecular weight excluding hydrogens is 242 g/mol. The number of halogens is 1. The molecule has 0 fully saturated rings. The number of hydrogen-bond donors (Lipinski definition) is 2. The first-order chi connectivity index (χ1) is 7.70. The normalized spacial score (nSPS) is 10.9. The Bertz CT molecular complexity index is 495. The van der Waals surface area contributed by atoms with Gasteiger partial charge in [-0.1, -0.05) is 22.9 Å². The predicted molar refractivity (Wildman–Crippen MR) is 71.5 cm³/mol. The summed E-state index contributed by atoms with van der Waals surface area (Å²) in [6.07, 6.45) is 0.954. The van der Waals surface area contributed by atoms with Crippen LogP contribution in [0.25, 0.3) is 10.2 Å². The molecule has 16 heavy (non-hydrogen) atoms. The average molecular weight is 256 g/mol. The zero-order valence-corrected chi connectivity index (χ0v) is 10.7. The minimum absolute atomic E-state index is 0.697. The molecule has 1 heterocycles. The molecule has 1 aromatic carbocycles. The van der Waals surface area contributed by atoms with Gasteiger partial charge in [0.25, 0.3) is 0 Å². The second kappa shape index (κ2) is 4.99. The maximum absolute atomic E-state index is 6.00. The fraction of sp³-hybridized carbons (Fsp3) is 0.364. The quantitative estimate of drug-likeness (QED) is 0.826. The van der Waals surface area contributed by atoms with Crippen molar-refractivity contribution in [1.82, 2.24) is 4.98 Å². The summed E-state index contributed by atoms with van der Waals surface area (Å²) in [6.45, 7) is 3.59. The number of nitrogens with one attached hydrogen (secondary N) is 1. The molecule has 0 aliphatic carbocycles. The maximum Gasteiger partial charge on any atom is 0.183 e. The van der Waals surface area contributed by atoms with Crippen LogP contribution in [0.15, 0.2) is 12.1 Å². The minimum Gasteiger partial charge on any atom is -0.361 e. The third-order valence-corrected chi connectivity index (χ3v) is 3.49. The molecule has 86 valence electrons. The molecule has 0 saturated carbocycles. The number of fused-ring (bicyclic) bond motifs is 1. The summed E-state index contributed by atoms with van der Waals surface area (Å²) >= 11 is 7.63. The van der Waals surface area contributed by atoms with E-state index in [0.717, 1.165) is 38.9 Å². The second-order valence-electron chi connectivity index (χ2n) is 3.66. The molecule has 0 radical (unpaired) electrons. The summed E-state index contributed by atoms with van der Waals surface area (Å²) in [5.74, 6) is 0. The Labute approximate surface area is 104 Å². The van der Waals surface area contributed by atoms with Crippen LogP contribution in [-0.4, -0.2) is 18.1 Å². The maximum atomic E-state index is 6.00. The highest BCUT2D eigenvalue weighted by Gasteiger charge is 2.06. The van der Waals surface area contributed by atoms with Gasteiger partial charge in [-0.05, 0) is 37.6 Å². The smallest absolute Gasteiger partial charge is 0.183 e. The molecule has 3 N–H and O–H groups in total. The van der Waals surface area contributed by atoms with Crippen molar-refractivity contribution in [3.8, 4) is 0 Å². The summed E-state index contributed by atoms with van der Waals surface area (Å²) < 4.78 is 1.13. The van der Waals surface area contributed by atoms with Gasteiger partial charge in [0.15, 0.2) is 5.13 Å². The number of nitrogens with zero attached hydrogens (tertiary/aromatic N) is 1. The number of benzene rings is 1. The van der Waals surface area contributed by atoms with Crippen LogP contribution in [0.2, 0.25) is 5.02 Å². The molecule has 0 atom stereocenters. The average Bonchev–Trinajstić information content (AvgIpc) is 2.61. The van der Waals surface area contributed by atoms with Crippen molar-refractivity contribution in [3.05, 3.63) is 22.7 Å². The van der Waals surface area contributed by atoms with Crippen molar-refractivity contribution >= 4 is 38.3 Å². The van der Waals surface area contributed by atoms with E-state index < -0.39 is 0 Å². The lowest BCUT2D eigenvalue weighted by Crippen LogP contribution is -2.07. The summed E-state index contributed by atoms with van der Waals surface area (Å²) in [6, 6.07) is 3.89. The molecule has 0 spiro atoms. The standard InChI is InChI=1S/C11H14ClN3S/c1-7-5-8(12)6-9-10(7)15-11(16-9)14-4-2-3-13/h5-6H,2-4,13H2,1H3,(H,14,15). The van der Waals surface area contributed by atoms with Crippen LogP contribution in [0.1, 0.15) is 12.0 Å².